The number of rotatable bonds is 3. The zero-order valence-corrected chi connectivity index (χ0v) is 10.8. The van der Waals surface area contributed by atoms with E-state index in [0.717, 1.165) is 11.3 Å². The average Bonchev–Trinajstić information content (AvgIpc) is 2.40. The molecular formula is C13H12N4OS. The first-order valence-electron chi connectivity index (χ1n) is 5.53. The summed E-state index contributed by atoms with van der Waals surface area (Å²) >= 11 is 4.62. The first-order valence-corrected chi connectivity index (χ1v) is 5.94. The second kappa shape index (κ2) is 5.92. The molecule has 0 aliphatic heterocycles. The van der Waals surface area contributed by atoms with Crippen LogP contribution in [0.2, 0.25) is 0 Å². The van der Waals surface area contributed by atoms with Crippen LogP contribution in [-0.4, -0.2) is 15.9 Å². The minimum absolute atomic E-state index is 0.0703. The fourth-order valence-electron chi connectivity index (χ4n) is 1.53. The van der Waals surface area contributed by atoms with Crippen LogP contribution in [0.15, 0.2) is 58.6 Å². The highest BCUT2D eigenvalue weighted by Gasteiger charge is 1.97. The van der Waals surface area contributed by atoms with Crippen molar-refractivity contribution in [1.82, 2.24) is 9.99 Å². The third-order valence-electron chi connectivity index (χ3n) is 2.38. The third-order valence-corrected chi connectivity index (χ3v) is 2.47. The second-order valence-electron chi connectivity index (χ2n) is 3.73. The summed E-state index contributed by atoms with van der Waals surface area (Å²) in [6.07, 6.45) is 3.32. The summed E-state index contributed by atoms with van der Waals surface area (Å²) in [5, 5.41) is 3.97. The van der Waals surface area contributed by atoms with Crippen molar-refractivity contribution in [1.29, 1.82) is 0 Å². The van der Waals surface area contributed by atoms with Gasteiger partial charge in [-0.25, -0.2) is 0 Å². The van der Waals surface area contributed by atoms with Gasteiger partial charge in [0.05, 0.1) is 6.21 Å². The number of hydrogen-bond acceptors (Lipinski definition) is 3. The van der Waals surface area contributed by atoms with Gasteiger partial charge < -0.3 is 5.73 Å². The Morgan fingerprint density at radius 3 is 2.63 bits per heavy atom. The Morgan fingerprint density at radius 1 is 1.26 bits per heavy atom. The Labute approximate surface area is 115 Å². The van der Waals surface area contributed by atoms with Crippen LogP contribution < -0.4 is 16.7 Å². The fourth-order valence-corrected chi connectivity index (χ4v) is 1.58. The number of nitrogens with zero attached hydrogens (tertiary/aromatic N) is 2. The molecule has 0 aliphatic carbocycles. The number of hydrogen-bond donors (Lipinski definition) is 2. The maximum atomic E-state index is 11.6. The standard InChI is InChI=1S/C13H12N4OS/c14-13(19)16-15-9-10-4-6-11(7-5-10)17-8-2-1-3-12(17)18/h1-9H,(H3,14,16,19). The molecule has 96 valence electrons. The molecule has 2 aromatic rings. The van der Waals surface area contributed by atoms with Crippen molar-refractivity contribution in [2.24, 2.45) is 10.8 Å². The van der Waals surface area contributed by atoms with Gasteiger partial charge in [-0.15, -0.1) is 0 Å². The van der Waals surface area contributed by atoms with E-state index in [1.54, 1.807) is 23.0 Å². The molecule has 19 heavy (non-hydrogen) atoms. The average molecular weight is 272 g/mol. The molecule has 6 heteroatoms. The van der Waals surface area contributed by atoms with Crippen molar-refractivity contribution < 1.29 is 0 Å². The summed E-state index contributed by atoms with van der Waals surface area (Å²) in [6, 6.07) is 12.4. The van der Waals surface area contributed by atoms with Gasteiger partial charge in [-0.2, -0.15) is 5.10 Å². The van der Waals surface area contributed by atoms with Gasteiger partial charge in [0.15, 0.2) is 5.11 Å². The van der Waals surface area contributed by atoms with E-state index in [1.807, 2.05) is 30.3 Å². The number of benzene rings is 1. The van der Waals surface area contributed by atoms with Crippen molar-refractivity contribution >= 4 is 23.5 Å². The highest BCUT2D eigenvalue weighted by Crippen LogP contribution is 2.06. The zero-order chi connectivity index (χ0) is 13.7. The molecule has 0 spiro atoms. The molecule has 0 saturated carbocycles. The number of thiocarbonyl (C=S) groups is 1. The Morgan fingerprint density at radius 2 is 2.00 bits per heavy atom. The van der Waals surface area contributed by atoms with Crippen molar-refractivity contribution in [2.75, 3.05) is 0 Å². The predicted octanol–water partition coefficient (Wildman–Crippen LogP) is 1.00. The van der Waals surface area contributed by atoms with Crippen LogP contribution in [0.5, 0.6) is 0 Å². The second-order valence-corrected chi connectivity index (χ2v) is 4.17. The number of nitrogens with one attached hydrogen (secondary N) is 1. The van der Waals surface area contributed by atoms with Crippen molar-refractivity contribution in [3.63, 3.8) is 0 Å². The van der Waals surface area contributed by atoms with Crippen LogP contribution in [0.25, 0.3) is 5.69 Å². The molecule has 0 fully saturated rings. The first kappa shape index (κ1) is 13.0. The monoisotopic (exact) mass is 272 g/mol. The molecule has 0 aliphatic rings. The van der Waals surface area contributed by atoms with E-state index in [-0.39, 0.29) is 10.7 Å². The quantitative estimate of drug-likeness (QED) is 0.497. The van der Waals surface area contributed by atoms with E-state index in [2.05, 4.69) is 22.7 Å². The lowest BCUT2D eigenvalue weighted by molar-refractivity contribution is 0.990. The topological polar surface area (TPSA) is 72.4 Å². The van der Waals surface area contributed by atoms with Crippen LogP contribution >= 0.6 is 12.2 Å². The van der Waals surface area contributed by atoms with E-state index in [4.69, 9.17) is 5.73 Å². The molecule has 0 saturated heterocycles. The molecule has 1 heterocycles. The molecule has 2 rings (SSSR count). The molecular weight excluding hydrogens is 260 g/mol. The van der Waals surface area contributed by atoms with E-state index < -0.39 is 0 Å². The maximum Gasteiger partial charge on any atom is 0.255 e. The van der Waals surface area contributed by atoms with E-state index in [0.29, 0.717) is 0 Å². The van der Waals surface area contributed by atoms with Crippen LogP contribution in [0.3, 0.4) is 0 Å². The fraction of sp³-hybridized carbons (Fsp3) is 0. The maximum absolute atomic E-state index is 11.6. The SMILES string of the molecule is NC(=S)NN=Cc1ccc(-n2ccccc2=O)cc1. The van der Waals surface area contributed by atoms with Crippen molar-refractivity contribution in [3.8, 4) is 5.69 Å². The molecule has 0 bridgehead atoms. The van der Waals surface area contributed by atoms with Gasteiger partial charge in [0.25, 0.3) is 5.56 Å². The predicted molar refractivity (Wildman–Crippen MR) is 79.6 cm³/mol. The normalized spacial score (nSPS) is 10.5. The number of hydrazone groups is 1. The lowest BCUT2D eigenvalue weighted by atomic mass is 10.2. The molecule has 0 atom stereocenters. The number of aromatic nitrogens is 1. The van der Waals surface area contributed by atoms with Gasteiger partial charge in [-0.1, -0.05) is 18.2 Å². The van der Waals surface area contributed by atoms with E-state index in [1.165, 1.54) is 6.07 Å². The smallest absolute Gasteiger partial charge is 0.255 e. The molecule has 1 aromatic heterocycles. The molecule has 1 aromatic carbocycles. The van der Waals surface area contributed by atoms with E-state index in [9.17, 15) is 4.79 Å². The minimum atomic E-state index is -0.0703. The largest absolute Gasteiger partial charge is 0.375 e. The summed E-state index contributed by atoms with van der Waals surface area (Å²) in [5.74, 6) is 0. The van der Waals surface area contributed by atoms with Gasteiger partial charge in [0.1, 0.15) is 0 Å². The Balaban J connectivity index is 2.20. The summed E-state index contributed by atoms with van der Waals surface area (Å²) in [7, 11) is 0. The minimum Gasteiger partial charge on any atom is -0.375 e. The highest BCUT2D eigenvalue weighted by molar-refractivity contribution is 7.80. The Hall–Kier alpha value is -2.47. The van der Waals surface area contributed by atoms with Gasteiger partial charge >= 0.3 is 0 Å². The van der Waals surface area contributed by atoms with Gasteiger partial charge in [0, 0.05) is 18.0 Å². The molecule has 0 amide bonds. The third kappa shape index (κ3) is 3.49. The van der Waals surface area contributed by atoms with Crippen LogP contribution in [0.1, 0.15) is 5.56 Å². The van der Waals surface area contributed by atoms with E-state index >= 15 is 0 Å². The summed E-state index contributed by atoms with van der Waals surface area (Å²) < 4.78 is 1.56. The van der Waals surface area contributed by atoms with Crippen LogP contribution in [0, 0.1) is 0 Å². The van der Waals surface area contributed by atoms with Gasteiger partial charge in [-0.05, 0) is 36.0 Å². The first-order chi connectivity index (χ1) is 9.16. The lowest BCUT2D eigenvalue weighted by Crippen LogP contribution is -2.23. The highest BCUT2D eigenvalue weighted by atomic mass is 32.1. The Bertz CT molecular complexity index is 661. The zero-order valence-electron chi connectivity index (χ0n) is 9.98. The summed E-state index contributed by atoms with van der Waals surface area (Å²) in [4.78, 5) is 11.6. The molecule has 3 N–H and O–H groups in total. The molecule has 0 radical (unpaired) electrons. The lowest BCUT2D eigenvalue weighted by Gasteiger charge is -2.04. The van der Waals surface area contributed by atoms with Crippen molar-refractivity contribution in [3.05, 3.63) is 64.6 Å². The van der Waals surface area contributed by atoms with Gasteiger partial charge in [0.2, 0.25) is 0 Å². The van der Waals surface area contributed by atoms with Gasteiger partial charge in [-0.3, -0.25) is 14.8 Å². The van der Waals surface area contributed by atoms with Crippen LogP contribution in [-0.2, 0) is 0 Å². The number of pyridine rings is 1. The van der Waals surface area contributed by atoms with Crippen molar-refractivity contribution in [2.45, 2.75) is 0 Å². The Kier molecular flexibility index (Phi) is 4.04. The summed E-state index contributed by atoms with van der Waals surface area (Å²) in [6.45, 7) is 0. The molecule has 5 nitrogen and oxygen atoms in total. The number of nitrogens with two attached hydrogens (primary N) is 1. The summed E-state index contributed by atoms with van der Waals surface area (Å²) in [5.41, 5.74) is 9.31. The van der Waals surface area contributed by atoms with Crippen LogP contribution in [0.4, 0.5) is 0 Å². The molecule has 0 unspecified atom stereocenters.